The fourth-order valence-electron chi connectivity index (χ4n) is 3.61. The predicted octanol–water partition coefficient (Wildman–Crippen LogP) is 3.29. The Balaban J connectivity index is 1.32. The van der Waals surface area contributed by atoms with Crippen LogP contribution >= 0.6 is 23.4 Å². The molecule has 0 atom stereocenters. The van der Waals surface area contributed by atoms with Crippen LogP contribution in [0, 0.1) is 5.82 Å². The van der Waals surface area contributed by atoms with Gasteiger partial charge in [0, 0.05) is 43.3 Å². The quantitative estimate of drug-likeness (QED) is 0.448. The largest absolute Gasteiger partial charge is 0.492 e. The summed E-state index contributed by atoms with van der Waals surface area (Å²) in [6.07, 6.45) is 0. The number of rotatable bonds is 8. The topological polar surface area (TPSA) is 76.4 Å². The van der Waals surface area contributed by atoms with Gasteiger partial charge in [-0.05, 0) is 41.6 Å². The molecule has 1 amide bonds. The molecule has 0 unspecified atom stereocenters. The van der Waals surface area contributed by atoms with Gasteiger partial charge in [0.05, 0.1) is 12.4 Å². The van der Waals surface area contributed by atoms with Gasteiger partial charge in [0.25, 0.3) is 0 Å². The summed E-state index contributed by atoms with van der Waals surface area (Å²) < 4.78 is 21.3. The first-order valence-corrected chi connectivity index (χ1v) is 12.0. The summed E-state index contributed by atoms with van der Waals surface area (Å²) >= 11 is 7.43. The summed E-state index contributed by atoms with van der Waals surface area (Å²) in [6.45, 7) is 5.31. The van der Waals surface area contributed by atoms with Crippen molar-refractivity contribution >= 4 is 29.3 Å². The second-order valence-corrected chi connectivity index (χ2v) is 8.77. The number of para-hydroxylation sites is 2. The molecule has 8 nitrogen and oxygen atoms in total. The molecule has 0 aliphatic carbocycles. The summed E-state index contributed by atoms with van der Waals surface area (Å²) in [7, 11) is 0. The van der Waals surface area contributed by atoms with Crippen LogP contribution in [0.5, 0.6) is 5.75 Å². The number of ether oxygens (including phenoxy) is 1. The lowest BCUT2D eigenvalue weighted by Gasteiger charge is -2.34. The number of hydrogen-bond acceptors (Lipinski definition) is 7. The second kappa shape index (κ2) is 11.0. The monoisotopic (exact) mass is 490 g/mol. The number of carbonyl (C=O) groups is 1. The van der Waals surface area contributed by atoms with Crippen molar-refractivity contribution in [2.24, 2.45) is 0 Å². The van der Waals surface area contributed by atoms with Gasteiger partial charge >= 0.3 is 0 Å². The molecule has 174 valence electrons. The molecule has 0 bridgehead atoms. The average molecular weight is 491 g/mol. The van der Waals surface area contributed by atoms with Crippen LogP contribution in [0.15, 0.2) is 47.6 Å². The van der Waals surface area contributed by atoms with Crippen molar-refractivity contribution in [3.8, 4) is 11.4 Å². The van der Waals surface area contributed by atoms with E-state index >= 15 is 0 Å². The highest BCUT2D eigenvalue weighted by Gasteiger charge is 2.23. The summed E-state index contributed by atoms with van der Waals surface area (Å²) in [5, 5.41) is 12.8. The summed E-state index contributed by atoms with van der Waals surface area (Å²) in [4.78, 5) is 16.7. The highest BCUT2D eigenvalue weighted by molar-refractivity contribution is 7.99. The van der Waals surface area contributed by atoms with Crippen LogP contribution in [-0.4, -0.2) is 74.5 Å². The van der Waals surface area contributed by atoms with Crippen molar-refractivity contribution in [2.75, 3.05) is 38.5 Å². The second-order valence-electron chi connectivity index (χ2n) is 7.42. The molecule has 2 heterocycles. The van der Waals surface area contributed by atoms with E-state index in [1.165, 1.54) is 17.8 Å². The molecule has 0 radical (unpaired) electrons. The maximum Gasteiger partial charge on any atom is 0.233 e. The Morgan fingerprint density at radius 2 is 1.94 bits per heavy atom. The molecule has 33 heavy (non-hydrogen) atoms. The molecule has 0 saturated carbocycles. The number of amides is 1. The third-order valence-electron chi connectivity index (χ3n) is 5.33. The fraction of sp³-hybridized carbons (Fsp3) is 0.364. The first-order chi connectivity index (χ1) is 16.1. The molecule has 4 rings (SSSR count). The molecular weight excluding hydrogens is 467 g/mol. The highest BCUT2D eigenvalue weighted by atomic mass is 35.5. The molecule has 1 fully saturated rings. The number of benzene rings is 2. The van der Waals surface area contributed by atoms with Gasteiger partial charge in [-0.3, -0.25) is 9.69 Å². The van der Waals surface area contributed by atoms with E-state index in [1.54, 1.807) is 16.8 Å². The molecule has 0 spiro atoms. The molecule has 11 heteroatoms. The van der Waals surface area contributed by atoms with Gasteiger partial charge in [-0.2, -0.15) is 4.68 Å². The lowest BCUT2D eigenvalue weighted by atomic mass is 10.2. The summed E-state index contributed by atoms with van der Waals surface area (Å²) in [5.74, 6) is 0.597. The number of carbonyl (C=O) groups excluding carboxylic acids is 1. The maximum absolute atomic E-state index is 14.1. The third kappa shape index (κ3) is 5.63. The van der Waals surface area contributed by atoms with E-state index in [9.17, 15) is 9.18 Å². The number of tetrazole rings is 1. The summed E-state index contributed by atoms with van der Waals surface area (Å²) in [6, 6.07) is 12.2. The Hall–Kier alpha value is -2.69. The lowest BCUT2D eigenvalue weighted by Crippen LogP contribution is -2.48. The minimum absolute atomic E-state index is 0.0104. The van der Waals surface area contributed by atoms with Crippen molar-refractivity contribution in [1.82, 2.24) is 30.0 Å². The minimum Gasteiger partial charge on any atom is -0.492 e. The van der Waals surface area contributed by atoms with Crippen LogP contribution in [0.25, 0.3) is 5.69 Å². The number of thioether (sulfide) groups is 1. The first kappa shape index (κ1) is 23.5. The van der Waals surface area contributed by atoms with E-state index in [0.717, 1.165) is 5.69 Å². The Morgan fingerprint density at radius 1 is 1.15 bits per heavy atom. The van der Waals surface area contributed by atoms with E-state index in [4.69, 9.17) is 16.3 Å². The maximum atomic E-state index is 14.1. The van der Waals surface area contributed by atoms with E-state index < -0.39 is 0 Å². The van der Waals surface area contributed by atoms with E-state index in [0.29, 0.717) is 60.8 Å². The van der Waals surface area contributed by atoms with E-state index in [-0.39, 0.29) is 17.5 Å². The number of nitrogens with zero attached hydrogens (tertiary/aromatic N) is 6. The van der Waals surface area contributed by atoms with Crippen molar-refractivity contribution in [3.05, 3.63) is 58.9 Å². The minimum atomic E-state index is -0.305. The smallest absolute Gasteiger partial charge is 0.233 e. The average Bonchev–Trinajstić information content (AvgIpc) is 3.29. The van der Waals surface area contributed by atoms with Gasteiger partial charge in [-0.1, -0.05) is 41.6 Å². The standard InChI is InChI=1S/C22H24ClFN6O2S/c1-2-32-20-9-4-3-8-19(20)30-22(25-26-27-30)33-15-21(31)29-12-10-28(11-13-29)14-16-17(23)6-5-7-18(16)24/h3-9H,2,10-15H2,1H3. The fourth-order valence-corrected chi connectivity index (χ4v) is 4.62. The molecule has 2 aromatic carbocycles. The van der Waals surface area contributed by atoms with Gasteiger partial charge < -0.3 is 9.64 Å². The number of piperazine rings is 1. The van der Waals surface area contributed by atoms with Gasteiger partial charge in [-0.15, -0.1) is 5.10 Å². The van der Waals surface area contributed by atoms with Crippen molar-refractivity contribution in [3.63, 3.8) is 0 Å². The van der Waals surface area contributed by atoms with Crippen molar-refractivity contribution in [1.29, 1.82) is 0 Å². The van der Waals surface area contributed by atoms with Crippen LogP contribution in [0.3, 0.4) is 0 Å². The molecule has 3 aromatic rings. The van der Waals surface area contributed by atoms with Crippen molar-refractivity contribution in [2.45, 2.75) is 18.6 Å². The van der Waals surface area contributed by atoms with Gasteiger partial charge in [-0.25, -0.2) is 4.39 Å². The molecular formula is C22H24ClFN6O2S. The molecule has 1 saturated heterocycles. The Labute approximate surface area is 200 Å². The highest BCUT2D eigenvalue weighted by Crippen LogP contribution is 2.26. The number of aromatic nitrogens is 4. The molecule has 1 aliphatic rings. The van der Waals surface area contributed by atoms with E-state index in [2.05, 4.69) is 20.4 Å². The van der Waals surface area contributed by atoms with E-state index in [1.807, 2.05) is 36.1 Å². The number of hydrogen-bond donors (Lipinski definition) is 0. The zero-order chi connectivity index (χ0) is 23.2. The van der Waals surface area contributed by atoms with Crippen LogP contribution in [0.4, 0.5) is 4.39 Å². The van der Waals surface area contributed by atoms with Crippen LogP contribution in [-0.2, 0) is 11.3 Å². The number of halogens is 2. The first-order valence-electron chi connectivity index (χ1n) is 10.6. The van der Waals surface area contributed by atoms with Gasteiger partial charge in [0.15, 0.2) is 0 Å². The van der Waals surface area contributed by atoms with Gasteiger partial charge in [0.2, 0.25) is 11.1 Å². The third-order valence-corrected chi connectivity index (χ3v) is 6.59. The Bertz CT molecular complexity index is 1090. The zero-order valence-electron chi connectivity index (χ0n) is 18.2. The van der Waals surface area contributed by atoms with Gasteiger partial charge in [0.1, 0.15) is 17.3 Å². The van der Waals surface area contributed by atoms with Crippen LogP contribution in [0.2, 0.25) is 5.02 Å². The zero-order valence-corrected chi connectivity index (χ0v) is 19.7. The van der Waals surface area contributed by atoms with Crippen LogP contribution in [0.1, 0.15) is 12.5 Å². The molecule has 1 aliphatic heterocycles. The Morgan fingerprint density at radius 3 is 2.70 bits per heavy atom. The van der Waals surface area contributed by atoms with Crippen LogP contribution < -0.4 is 4.74 Å². The lowest BCUT2D eigenvalue weighted by molar-refractivity contribution is -0.130. The Kier molecular flexibility index (Phi) is 7.79. The van der Waals surface area contributed by atoms with Crippen molar-refractivity contribution < 1.29 is 13.9 Å². The predicted molar refractivity (Wildman–Crippen MR) is 124 cm³/mol. The molecule has 0 N–H and O–H groups in total. The summed E-state index contributed by atoms with van der Waals surface area (Å²) in [5.41, 5.74) is 1.22. The normalized spacial score (nSPS) is 14.5. The molecule has 1 aromatic heterocycles. The SMILES string of the molecule is CCOc1ccccc1-n1nnnc1SCC(=O)N1CCN(Cc2c(F)cccc2Cl)CC1.